The SMILES string of the molecule is COc1cc(OC)c(C(=O)C=C(C)C)c(OC)c1OC. The van der Waals surface area contributed by atoms with E-state index < -0.39 is 0 Å². The Morgan fingerprint density at radius 2 is 1.45 bits per heavy atom. The summed E-state index contributed by atoms with van der Waals surface area (Å²) in [5.41, 5.74) is 1.20. The summed E-state index contributed by atoms with van der Waals surface area (Å²) in [6, 6.07) is 1.60. The second-order valence-corrected chi connectivity index (χ2v) is 4.31. The molecule has 5 nitrogen and oxygen atoms in total. The van der Waals surface area contributed by atoms with Crippen LogP contribution in [0.2, 0.25) is 0 Å². The zero-order valence-corrected chi connectivity index (χ0v) is 12.7. The molecule has 0 amide bonds. The van der Waals surface area contributed by atoms with E-state index >= 15 is 0 Å². The third-order valence-corrected chi connectivity index (χ3v) is 2.68. The summed E-state index contributed by atoms with van der Waals surface area (Å²) < 4.78 is 21.1. The maximum Gasteiger partial charge on any atom is 0.204 e. The first-order chi connectivity index (χ1) is 9.49. The van der Waals surface area contributed by atoms with Gasteiger partial charge in [0.05, 0.1) is 28.4 Å². The Balaban J connectivity index is 3.63. The van der Waals surface area contributed by atoms with E-state index in [2.05, 4.69) is 0 Å². The molecule has 5 heteroatoms. The largest absolute Gasteiger partial charge is 0.496 e. The van der Waals surface area contributed by atoms with Gasteiger partial charge in [0.2, 0.25) is 5.75 Å². The van der Waals surface area contributed by atoms with Crippen LogP contribution >= 0.6 is 0 Å². The van der Waals surface area contributed by atoms with Crippen LogP contribution in [-0.4, -0.2) is 34.2 Å². The van der Waals surface area contributed by atoms with Crippen LogP contribution in [0.5, 0.6) is 23.0 Å². The molecule has 0 unspecified atom stereocenters. The minimum atomic E-state index is -0.209. The van der Waals surface area contributed by atoms with E-state index in [4.69, 9.17) is 18.9 Å². The van der Waals surface area contributed by atoms with E-state index in [0.29, 0.717) is 28.6 Å². The predicted molar refractivity (Wildman–Crippen MR) is 76.4 cm³/mol. The predicted octanol–water partition coefficient (Wildman–Crippen LogP) is 2.87. The zero-order valence-electron chi connectivity index (χ0n) is 12.7. The van der Waals surface area contributed by atoms with Crippen molar-refractivity contribution in [1.82, 2.24) is 0 Å². The third-order valence-electron chi connectivity index (χ3n) is 2.68. The molecule has 0 spiro atoms. The average molecular weight is 280 g/mol. The number of allylic oxidation sites excluding steroid dienone is 2. The molecule has 0 aromatic heterocycles. The summed E-state index contributed by atoms with van der Waals surface area (Å²) in [5.74, 6) is 1.27. The standard InChI is InChI=1S/C15H20O5/c1-9(2)7-10(16)13-11(17-3)8-12(18-4)14(19-5)15(13)20-6/h7-8H,1-6H3. The lowest BCUT2D eigenvalue weighted by atomic mass is 10.0. The quantitative estimate of drug-likeness (QED) is 0.592. The van der Waals surface area contributed by atoms with Crippen molar-refractivity contribution in [2.24, 2.45) is 0 Å². The number of carbonyl (C=O) groups excluding carboxylic acids is 1. The number of ketones is 1. The Hall–Kier alpha value is -2.17. The van der Waals surface area contributed by atoms with E-state index in [1.807, 2.05) is 13.8 Å². The number of benzene rings is 1. The Morgan fingerprint density at radius 3 is 1.85 bits per heavy atom. The van der Waals surface area contributed by atoms with Crippen LogP contribution in [0.4, 0.5) is 0 Å². The number of hydrogen-bond acceptors (Lipinski definition) is 5. The minimum Gasteiger partial charge on any atom is -0.496 e. The second kappa shape index (κ2) is 6.84. The molecule has 1 aromatic carbocycles. The first-order valence-electron chi connectivity index (χ1n) is 6.06. The summed E-state index contributed by atoms with van der Waals surface area (Å²) in [7, 11) is 5.95. The van der Waals surface area contributed by atoms with Crippen molar-refractivity contribution in [1.29, 1.82) is 0 Å². The minimum absolute atomic E-state index is 0.209. The van der Waals surface area contributed by atoms with Gasteiger partial charge >= 0.3 is 0 Å². The summed E-state index contributed by atoms with van der Waals surface area (Å²) in [6.07, 6.45) is 1.52. The number of carbonyl (C=O) groups is 1. The molecule has 0 radical (unpaired) electrons. The van der Waals surface area contributed by atoms with E-state index in [1.165, 1.54) is 34.5 Å². The highest BCUT2D eigenvalue weighted by Crippen LogP contribution is 2.45. The van der Waals surface area contributed by atoms with Crippen molar-refractivity contribution in [3.8, 4) is 23.0 Å². The van der Waals surface area contributed by atoms with Crippen LogP contribution in [-0.2, 0) is 0 Å². The van der Waals surface area contributed by atoms with Crippen LogP contribution in [0.25, 0.3) is 0 Å². The summed E-state index contributed by atoms with van der Waals surface area (Å²) in [6.45, 7) is 3.69. The Kier molecular flexibility index (Phi) is 5.43. The lowest BCUT2D eigenvalue weighted by Gasteiger charge is -2.17. The van der Waals surface area contributed by atoms with Crippen LogP contribution in [0.3, 0.4) is 0 Å². The monoisotopic (exact) mass is 280 g/mol. The molecular weight excluding hydrogens is 260 g/mol. The van der Waals surface area contributed by atoms with Crippen molar-refractivity contribution >= 4 is 5.78 Å². The van der Waals surface area contributed by atoms with Gasteiger partial charge in [0.1, 0.15) is 11.3 Å². The van der Waals surface area contributed by atoms with Gasteiger partial charge in [0.15, 0.2) is 17.3 Å². The van der Waals surface area contributed by atoms with Gasteiger partial charge in [-0.25, -0.2) is 0 Å². The van der Waals surface area contributed by atoms with E-state index in [0.717, 1.165) is 5.57 Å². The Morgan fingerprint density at radius 1 is 0.900 bits per heavy atom. The molecule has 110 valence electrons. The first-order valence-corrected chi connectivity index (χ1v) is 6.06. The third kappa shape index (κ3) is 3.04. The summed E-state index contributed by atoms with van der Waals surface area (Å²) in [5, 5.41) is 0. The molecule has 0 atom stereocenters. The van der Waals surface area contributed by atoms with E-state index in [-0.39, 0.29) is 5.78 Å². The lowest BCUT2D eigenvalue weighted by Crippen LogP contribution is -2.06. The Labute approximate surface area is 119 Å². The highest BCUT2D eigenvalue weighted by Gasteiger charge is 2.25. The van der Waals surface area contributed by atoms with Gasteiger partial charge in [0, 0.05) is 6.07 Å². The maximum atomic E-state index is 12.3. The number of methoxy groups -OCH3 is 4. The van der Waals surface area contributed by atoms with Gasteiger partial charge in [0.25, 0.3) is 0 Å². The van der Waals surface area contributed by atoms with Crippen molar-refractivity contribution in [3.63, 3.8) is 0 Å². The van der Waals surface area contributed by atoms with Crippen LogP contribution in [0, 0.1) is 0 Å². The molecule has 0 fully saturated rings. The van der Waals surface area contributed by atoms with Crippen LogP contribution in [0.15, 0.2) is 17.7 Å². The van der Waals surface area contributed by atoms with Crippen LogP contribution in [0.1, 0.15) is 24.2 Å². The first kappa shape index (κ1) is 15.9. The number of hydrogen-bond donors (Lipinski definition) is 0. The number of ether oxygens (including phenoxy) is 4. The fraction of sp³-hybridized carbons (Fsp3) is 0.400. The van der Waals surface area contributed by atoms with Gasteiger partial charge in [-0.05, 0) is 19.9 Å². The van der Waals surface area contributed by atoms with Crippen molar-refractivity contribution in [3.05, 3.63) is 23.3 Å². The molecule has 20 heavy (non-hydrogen) atoms. The fourth-order valence-corrected chi connectivity index (χ4v) is 1.86. The topological polar surface area (TPSA) is 54.0 Å². The van der Waals surface area contributed by atoms with E-state index in [9.17, 15) is 4.79 Å². The average Bonchev–Trinajstić information content (AvgIpc) is 2.43. The molecule has 0 bridgehead atoms. The summed E-state index contributed by atoms with van der Waals surface area (Å²) >= 11 is 0. The highest BCUT2D eigenvalue weighted by atomic mass is 16.5. The zero-order chi connectivity index (χ0) is 15.3. The maximum absolute atomic E-state index is 12.3. The highest BCUT2D eigenvalue weighted by molar-refractivity contribution is 6.09. The Bertz CT molecular complexity index is 528. The van der Waals surface area contributed by atoms with Gasteiger partial charge in [-0.1, -0.05) is 5.57 Å². The molecular formula is C15H20O5. The smallest absolute Gasteiger partial charge is 0.204 e. The molecule has 0 saturated heterocycles. The molecule has 1 aromatic rings. The molecule has 1 rings (SSSR count). The molecule has 0 aliphatic heterocycles. The molecule has 0 aliphatic carbocycles. The summed E-state index contributed by atoms with van der Waals surface area (Å²) in [4.78, 5) is 12.3. The lowest BCUT2D eigenvalue weighted by molar-refractivity contribution is 0.103. The second-order valence-electron chi connectivity index (χ2n) is 4.31. The van der Waals surface area contributed by atoms with Crippen molar-refractivity contribution < 1.29 is 23.7 Å². The van der Waals surface area contributed by atoms with Gasteiger partial charge in [-0.15, -0.1) is 0 Å². The van der Waals surface area contributed by atoms with E-state index in [1.54, 1.807) is 6.07 Å². The fourth-order valence-electron chi connectivity index (χ4n) is 1.86. The normalized spacial score (nSPS) is 9.70. The van der Waals surface area contributed by atoms with Gasteiger partial charge in [-0.3, -0.25) is 4.79 Å². The number of rotatable bonds is 6. The van der Waals surface area contributed by atoms with Gasteiger partial charge in [-0.2, -0.15) is 0 Å². The van der Waals surface area contributed by atoms with Crippen molar-refractivity contribution in [2.45, 2.75) is 13.8 Å². The van der Waals surface area contributed by atoms with Crippen molar-refractivity contribution in [2.75, 3.05) is 28.4 Å². The molecule has 0 N–H and O–H groups in total. The van der Waals surface area contributed by atoms with Crippen LogP contribution < -0.4 is 18.9 Å². The van der Waals surface area contributed by atoms with Gasteiger partial charge < -0.3 is 18.9 Å². The molecule has 0 aliphatic rings. The molecule has 0 saturated carbocycles. The molecule has 0 heterocycles.